The number of carbonyl (C=O) groups excluding carboxylic acids is 2. The maximum atomic E-state index is 14.1. The van der Waals surface area contributed by atoms with Gasteiger partial charge in [0.05, 0.1) is 0 Å². The van der Waals surface area contributed by atoms with E-state index < -0.39 is 11.6 Å². The van der Waals surface area contributed by atoms with Crippen molar-refractivity contribution in [2.24, 2.45) is 0 Å². The standard InChI is InChI=1S/C28H24Cl3N3O2/c29-18-4-1-3-16(11-18)15-28(22-10-9-19(30)13-23(22)33-27(28)36)34-24-14-20(31)8-7-17(24)12-25(34)26(35)32-21-5-2-6-21/h1,3-4,7-11,13-14,21,25H,2,5-6,12,15H2,(H,32,35)(H,33,36). The van der Waals surface area contributed by atoms with E-state index in [4.69, 9.17) is 34.8 Å². The Balaban J connectivity index is 1.55. The molecular weight excluding hydrogens is 517 g/mol. The molecule has 0 radical (unpaired) electrons. The lowest BCUT2D eigenvalue weighted by atomic mass is 9.82. The molecule has 0 spiro atoms. The first-order chi connectivity index (χ1) is 17.3. The Morgan fingerprint density at radius 3 is 2.50 bits per heavy atom. The van der Waals surface area contributed by atoms with Crippen LogP contribution in [0.2, 0.25) is 15.1 Å². The number of rotatable bonds is 5. The Hall–Kier alpha value is -2.73. The first-order valence-corrected chi connectivity index (χ1v) is 13.2. The molecule has 0 bridgehead atoms. The predicted molar refractivity (Wildman–Crippen MR) is 144 cm³/mol. The summed E-state index contributed by atoms with van der Waals surface area (Å²) in [4.78, 5) is 29.8. The Morgan fingerprint density at radius 2 is 1.75 bits per heavy atom. The van der Waals surface area contributed by atoms with Gasteiger partial charge in [-0.05, 0) is 66.8 Å². The smallest absolute Gasteiger partial charge is 0.255 e. The van der Waals surface area contributed by atoms with Gasteiger partial charge < -0.3 is 15.5 Å². The number of benzene rings is 3. The van der Waals surface area contributed by atoms with Gasteiger partial charge >= 0.3 is 0 Å². The Kier molecular flexibility index (Phi) is 5.90. The van der Waals surface area contributed by atoms with Crippen LogP contribution >= 0.6 is 34.8 Å². The maximum Gasteiger partial charge on any atom is 0.255 e. The Morgan fingerprint density at radius 1 is 1.00 bits per heavy atom. The molecule has 36 heavy (non-hydrogen) atoms. The quantitative estimate of drug-likeness (QED) is 0.409. The molecule has 2 heterocycles. The van der Waals surface area contributed by atoms with Crippen LogP contribution in [0.5, 0.6) is 0 Å². The van der Waals surface area contributed by atoms with Crippen molar-refractivity contribution in [1.29, 1.82) is 0 Å². The molecule has 3 aliphatic rings. The molecule has 1 saturated carbocycles. The first-order valence-electron chi connectivity index (χ1n) is 12.1. The highest BCUT2D eigenvalue weighted by atomic mass is 35.5. The molecule has 8 heteroatoms. The van der Waals surface area contributed by atoms with E-state index in [2.05, 4.69) is 10.6 Å². The average molecular weight is 541 g/mol. The number of hydrogen-bond acceptors (Lipinski definition) is 3. The lowest BCUT2D eigenvalue weighted by Gasteiger charge is -2.43. The van der Waals surface area contributed by atoms with Crippen LogP contribution in [-0.4, -0.2) is 23.9 Å². The van der Waals surface area contributed by atoms with Crippen LogP contribution < -0.4 is 15.5 Å². The van der Waals surface area contributed by atoms with Gasteiger partial charge in [-0.25, -0.2) is 0 Å². The molecule has 2 amide bonds. The lowest BCUT2D eigenvalue weighted by molar-refractivity contribution is -0.125. The number of amides is 2. The minimum Gasteiger partial charge on any atom is -0.352 e. The van der Waals surface area contributed by atoms with Gasteiger partial charge in [0.1, 0.15) is 6.04 Å². The minimum absolute atomic E-state index is 0.0762. The number of halogens is 3. The van der Waals surface area contributed by atoms with Crippen molar-refractivity contribution in [2.45, 2.75) is 49.7 Å². The fourth-order valence-electron chi connectivity index (χ4n) is 5.70. The van der Waals surface area contributed by atoms with E-state index >= 15 is 0 Å². The second kappa shape index (κ2) is 8.98. The fraction of sp³-hybridized carbons (Fsp3) is 0.286. The second-order valence-electron chi connectivity index (χ2n) is 9.81. The number of fused-ring (bicyclic) bond motifs is 2. The normalized spacial score (nSPS) is 22.6. The van der Waals surface area contributed by atoms with E-state index in [1.54, 1.807) is 18.2 Å². The van der Waals surface area contributed by atoms with Crippen LogP contribution in [0.3, 0.4) is 0 Å². The third kappa shape index (κ3) is 3.85. The van der Waals surface area contributed by atoms with Crippen LogP contribution in [0, 0.1) is 0 Å². The fourth-order valence-corrected chi connectivity index (χ4v) is 6.25. The van der Waals surface area contributed by atoms with E-state index in [0.717, 1.165) is 41.6 Å². The molecule has 3 aromatic carbocycles. The average Bonchev–Trinajstić information content (AvgIpc) is 3.31. The Bertz CT molecular complexity index is 1390. The summed E-state index contributed by atoms with van der Waals surface area (Å²) in [5.41, 5.74) is 2.86. The second-order valence-corrected chi connectivity index (χ2v) is 11.1. The van der Waals surface area contributed by atoms with E-state index in [9.17, 15) is 9.59 Å². The summed E-state index contributed by atoms with van der Waals surface area (Å²) in [7, 11) is 0. The topological polar surface area (TPSA) is 61.4 Å². The van der Waals surface area contributed by atoms with Crippen molar-refractivity contribution in [2.75, 3.05) is 10.2 Å². The molecule has 3 aromatic rings. The van der Waals surface area contributed by atoms with Crippen molar-refractivity contribution in [3.8, 4) is 0 Å². The summed E-state index contributed by atoms with van der Waals surface area (Å²) < 4.78 is 0. The maximum absolute atomic E-state index is 14.1. The summed E-state index contributed by atoms with van der Waals surface area (Å²) in [5.74, 6) is -0.290. The lowest BCUT2D eigenvalue weighted by Crippen LogP contribution is -2.60. The summed E-state index contributed by atoms with van der Waals surface area (Å²) >= 11 is 19.1. The monoisotopic (exact) mass is 539 g/mol. The zero-order valence-electron chi connectivity index (χ0n) is 19.4. The largest absolute Gasteiger partial charge is 0.352 e. The molecule has 2 N–H and O–H groups in total. The Labute approximate surface area is 224 Å². The molecule has 2 atom stereocenters. The molecular formula is C28H24Cl3N3O2. The van der Waals surface area contributed by atoms with Crippen molar-refractivity contribution in [3.63, 3.8) is 0 Å². The molecule has 5 nitrogen and oxygen atoms in total. The van der Waals surface area contributed by atoms with Gasteiger partial charge in [-0.1, -0.05) is 59.1 Å². The van der Waals surface area contributed by atoms with Crippen LogP contribution in [0.15, 0.2) is 60.7 Å². The van der Waals surface area contributed by atoms with Gasteiger partial charge in [0.15, 0.2) is 5.54 Å². The third-order valence-electron chi connectivity index (χ3n) is 7.60. The summed E-state index contributed by atoms with van der Waals surface area (Å²) in [6.07, 6.45) is 3.87. The van der Waals surface area contributed by atoms with Gasteiger partial charge in [0, 0.05) is 50.9 Å². The van der Waals surface area contributed by atoms with E-state index in [-0.39, 0.29) is 17.9 Å². The zero-order chi connectivity index (χ0) is 25.0. The molecule has 184 valence electrons. The predicted octanol–water partition coefficient (Wildman–Crippen LogP) is 6.14. The zero-order valence-corrected chi connectivity index (χ0v) is 21.6. The molecule has 0 saturated heterocycles. The van der Waals surface area contributed by atoms with Crippen LogP contribution in [-0.2, 0) is 28.0 Å². The van der Waals surface area contributed by atoms with Crippen molar-refractivity contribution in [1.82, 2.24) is 5.32 Å². The molecule has 6 rings (SSSR count). The van der Waals surface area contributed by atoms with Gasteiger partial charge in [-0.3, -0.25) is 9.59 Å². The van der Waals surface area contributed by atoms with E-state index in [1.807, 2.05) is 47.4 Å². The minimum atomic E-state index is -1.21. The SMILES string of the molecule is O=C(NC1CCC1)C1Cc2ccc(Cl)cc2N1C1(Cc2cccc(Cl)c2)C(=O)Nc2cc(Cl)ccc21. The summed E-state index contributed by atoms with van der Waals surface area (Å²) in [6.45, 7) is 0. The highest BCUT2D eigenvalue weighted by molar-refractivity contribution is 6.31. The van der Waals surface area contributed by atoms with Crippen LogP contribution in [0.4, 0.5) is 11.4 Å². The highest BCUT2D eigenvalue weighted by Gasteiger charge is 2.57. The third-order valence-corrected chi connectivity index (χ3v) is 8.30. The van der Waals surface area contributed by atoms with E-state index in [0.29, 0.717) is 33.6 Å². The number of nitrogens with zero attached hydrogens (tertiary/aromatic N) is 1. The highest BCUT2D eigenvalue weighted by Crippen LogP contribution is 2.50. The number of anilines is 2. The van der Waals surface area contributed by atoms with Gasteiger partial charge in [0.2, 0.25) is 5.91 Å². The van der Waals surface area contributed by atoms with Crippen LogP contribution in [0.1, 0.15) is 36.0 Å². The molecule has 2 unspecified atom stereocenters. The number of carbonyl (C=O) groups is 2. The number of nitrogens with one attached hydrogen (secondary N) is 2. The molecule has 2 aliphatic heterocycles. The van der Waals surface area contributed by atoms with Crippen molar-refractivity contribution >= 4 is 58.0 Å². The van der Waals surface area contributed by atoms with Crippen molar-refractivity contribution in [3.05, 3.63) is 92.4 Å². The van der Waals surface area contributed by atoms with Gasteiger partial charge in [-0.15, -0.1) is 0 Å². The van der Waals surface area contributed by atoms with Gasteiger partial charge in [-0.2, -0.15) is 0 Å². The molecule has 1 aliphatic carbocycles. The first kappa shape index (κ1) is 23.7. The summed E-state index contributed by atoms with van der Waals surface area (Å²) in [5, 5.41) is 7.92. The summed E-state index contributed by atoms with van der Waals surface area (Å²) in [6, 6.07) is 18.1. The molecule has 1 fully saturated rings. The van der Waals surface area contributed by atoms with Crippen molar-refractivity contribution < 1.29 is 9.59 Å². The van der Waals surface area contributed by atoms with Crippen LogP contribution in [0.25, 0.3) is 0 Å². The van der Waals surface area contributed by atoms with E-state index in [1.165, 1.54) is 0 Å². The molecule has 0 aromatic heterocycles. The van der Waals surface area contributed by atoms with Gasteiger partial charge in [0.25, 0.3) is 5.91 Å². The number of hydrogen-bond donors (Lipinski definition) is 2.